The van der Waals surface area contributed by atoms with E-state index in [0.29, 0.717) is 24.7 Å². The van der Waals surface area contributed by atoms with Crippen molar-refractivity contribution in [2.45, 2.75) is 20.8 Å². The minimum absolute atomic E-state index is 0.0783. The fraction of sp³-hybridized carbons (Fsp3) is 0.316. The number of carbonyl (C=O) groups is 2. The van der Waals surface area contributed by atoms with E-state index < -0.39 is 5.97 Å². The van der Waals surface area contributed by atoms with E-state index in [-0.39, 0.29) is 18.2 Å². The number of benzene rings is 1. The van der Waals surface area contributed by atoms with Crippen LogP contribution >= 0.6 is 0 Å². The smallest absolute Gasteiger partial charge is 0.361 e. The topological polar surface area (TPSA) is 72.6 Å². The molecule has 0 atom stereocenters. The Morgan fingerprint density at radius 1 is 1.28 bits per heavy atom. The monoisotopic (exact) mass is 342 g/mol. The lowest BCUT2D eigenvalue weighted by Crippen LogP contribution is -2.35. The molecule has 6 nitrogen and oxygen atoms in total. The number of esters is 1. The quantitative estimate of drug-likeness (QED) is 0.570. The van der Waals surface area contributed by atoms with Gasteiger partial charge in [0.25, 0.3) is 5.91 Å². The molecule has 0 spiro atoms. The normalized spacial score (nSPS) is 10.4. The summed E-state index contributed by atoms with van der Waals surface area (Å²) in [6, 6.07) is 9.25. The molecule has 0 radical (unpaired) electrons. The predicted octanol–water partition coefficient (Wildman–Crippen LogP) is 3.23. The van der Waals surface area contributed by atoms with E-state index >= 15 is 0 Å². The summed E-state index contributed by atoms with van der Waals surface area (Å²) in [6.45, 7) is 9.74. The SMILES string of the molecule is C=C(C)CN(CC)C(=O)COC(=O)c1nc(-c2ccccc2)oc1C. The molecule has 1 amide bonds. The van der Waals surface area contributed by atoms with Crippen molar-refractivity contribution in [3.05, 3.63) is 53.9 Å². The van der Waals surface area contributed by atoms with Crippen molar-refractivity contribution in [3.8, 4) is 11.5 Å². The maximum atomic E-state index is 12.2. The van der Waals surface area contributed by atoms with Gasteiger partial charge in [0.05, 0.1) is 0 Å². The maximum absolute atomic E-state index is 12.2. The highest BCUT2D eigenvalue weighted by molar-refractivity contribution is 5.91. The van der Waals surface area contributed by atoms with Crippen LogP contribution in [0.5, 0.6) is 0 Å². The molecule has 132 valence electrons. The number of ether oxygens (including phenoxy) is 1. The molecular weight excluding hydrogens is 320 g/mol. The number of carbonyl (C=O) groups excluding carboxylic acids is 2. The Bertz CT molecular complexity index is 765. The number of rotatable bonds is 7. The maximum Gasteiger partial charge on any atom is 0.361 e. The molecule has 2 rings (SSSR count). The van der Waals surface area contributed by atoms with Crippen LogP contribution in [0.15, 0.2) is 46.9 Å². The molecule has 2 aromatic rings. The Kier molecular flexibility index (Phi) is 6.11. The zero-order chi connectivity index (χ0) is 18.4. The molecule has 0 N–H and O–H groups in total. The van der Waals surface area contributed by atoms with Crippen molar-refractivity contribution in [3.63, 3.8) is 0 Å². The van der Waals surface area contributed by atoms with Crippen LogP contribution < -0.4 is 0 Å². The van der Waals surface area contributed by atoms with Gasteiger partial charge in [-0.3, -0.25) is 4.79 Å². The number of amides is 1. The number of aryl methyl sites for hydroxylation is 1. The van der Waals surface area contributed by atoms with Crippen molar-refractivity contribution < 1.29 is 18.7 Å². The average Bonchev–Trinajstić information content (AvgIpc) is 2.99. The first kappa shape index (κ1) is 18.4. The minimum atomic E-state index is -0.678. The van der Waals surface area contributed by atoms with Crippen LogP contribution in [0.2, 0.25) is 0 Å². The molecule has 0 aliphatic carbocycles. The Morgan fingerprint density at radius 2 is 1.96 bits per heavy atom. The zero-order valence-corrected chi connectivity index (χ0v) is 14.7. The Labute approximate surface area is 147 Å². The molecule has 0 saturated carbocycles. The molecule has 0 fully saturated rings. The molecule has 1 aromatic heterocycles. The fourth-order valence-corrected chi connectivity index (χ4v) is 2.28. The van der Waals surface area contributed by atoms with Crippen molar-refractivity contribution >= 4 is 11.9 Å². The third-order valence-corrected chi connectivity index (χ3v) is 3.53. The summed E-state index contributed by atoms with van der Waals surface area (Å²) in [7, 11) is 0. The average molecular weight is 342 g/mol. The lowest BCUT2D eigenvalue weighted by Gasteiger charge is -2.20. The van der Waals surface area contributed by atoms with Crippen molar-refractivity contribution in [2.75, 3.05) is 19.7 Å². The Hall–Kier alpha value is -2.89. The Morgan fingerprint density at radius 3 is 2.56 bits per heavy atom. The summed E-state index contributed by atoms with van der Waals surface area (Å²) in [6.07, 6.45) is 0. The highest BCUT2D eigenvalue weighted by Crippen LogP contribution is 2.21. The number of oxazole rings is 1. The first-order valence-electron chi connectivity index (χ1n) is 8.04. The molecule has 1 heterocycles. The van der Waals surface area contributed by atoms with Crippen LogP contribution in [-0.4, -0.2) is 41.5 Å². The van der Waals surface area contributed by atoms with Gasteiger partial charge >= 0.3 is 5.97 Å². The third kappa shape index (κ3) is 4.79. The van der Waals surface area contributed by atoms with Crippen molar-refractivity contribution in [1.29, 1.82) is 0 Å². The molecule has 0 saturated heterocycles. The predicted molar refractivity (Wildman–Crippen MR) is 94.0 cm³/mol. The van der Waals surface area contributed by atoms with E-state index in [2.05, 4.69) is 11.6 Å². The Balaban J connectivity index is 2.03. The lowest BCUT2D eigenvalue weighted by atomic mass is 10.2. The summed E-state index contributed by atoms with van der Waals surface area (Å²) >= 11 is 0. The van der Waals surface area contributed by atoms with Gasteiger partial charge < -0.3 is 14.1 Å². The van der Waals surface area contributed by atoms with Gasteiger partial charge in [-0.25, -0.2) is 9.78 Å². The van der Waals surface area contributed by atoms with E-state index in [1.807, 2.05) is 44.2 Å². The van der Waals surface area contributed by atoms with Crippen molar-refractivity contribution in [1.82, 2.24) is 9.88 Å². The highest BCUT2D eigenvalue weighted by Gasteiger charge is 2.21. The second kappa shape index (κ2) is 8.28. The van der Waals surface area contributed by atoms with Gasteiger partial charge in [-0.15, -0.1) is 0 Å². The van der Waals surface area contributed by atoms with E-state index in [9.17, 15) is 9.59 Å². The largest absolute Gasteiger partial charge is 0.451 e. The summed E-state index contributed by atoms with van der Waals surface area (Å²) in [5, 5.41) is 0. The number of hydrogen-bond acceptors (Lipinski definition) is 5. The first-order chi connectivity index (χ1) is 11.9. The van der Waals surface area contributed by atoms with E-state index in [1.54, 1.807) is 11.8 Å². The molecule has 0 unspecified atom stereocenters. The molecule has 0 aliphatic heterocycles. The number of likely N-dealkylation sites (N-methyl/N-ethyl adjacent to an activating group) is 1. The molecule has 0 bridgehead atoms. The van der Waals surface area contributed by atoms with Crippen LogP contribution in [-0.2, 0) is 9.53 Å². The van der Waals surface area contributed by atoms with E-state index in [1.165, 1.54) is 0 Å². The fourth-order valence-electron chi connectivity index (χ4n) is 2.28. The molecule has 0 aliphatic rings. The molecular formula is C19H22N2O4. The van der Waals surface area contributed by atoms with Gasteiger partial charge in [0.2, 0.25) is 5.89 Å². The van der Waals surface area contributed by atoms with Gasteiger partial charge in [-0.1, -0.05) is 30.4 Å². The number of aromatic nitrogens is 1. The van der Waals surface area contributed by atoms with Crippen LogP contribution in [0.1, 0.15) is 30.1 Å². The highest BCUT2D eigenvalue weighted by atomic mass is 16.5. The summed E-state index contributed by atoms with van der Waals surface area (Å²) in [5.41, 5.74) is 1.70. The second-order valence-electron chi connectivity index (χ2n) is 5.73. The second-order valence-corrected chi connectivity index (χ2v) is 5.73. The standard InChI is InChI=1S/C19H22N2O4/c1-5-21(11-13(2)3)16(22)12-24-19(23)17-14(4)25-18(20-17)15-9-7-6-8-10-15/h6-10H,2,5,11-12H2,1,3-4H3. The van der Waals surface area contributed by atoms with E-state index in [4.69, 9.17) is 9.15 Å². The number of nitrogens with zero attached hydrogens (tertiary/aromatic N) is 2. The van der Waals surface area contributed by atoms with Gasteiger partial charge in [0, 0.05) is 18.7 Å². The summed E-state index contributed by atoms with van der Waals surface area (Å²) in [5.74, 6) is -0.258. The van der Waals surface area contributed by atoms with Crippen LogP contribution in [0, 0.1) is 6.92 Å². The summed E-state index contributed by atoms with van der Waals surface area (Å²) < 4.78 is 10.6. The van der Waals surface area contributed by atoms with Crippen molar-refractivity contribution in [2.24, 2.45) is 0 Å². The van der Waals surface area contributed by atoms with Crippen LogP contribution in [0.25, 0.3) is 11.5 Å². The molecule has 1 aromatic carbocycles. The molecule has 6 heteroatoms. The van der Waals surface area contributed by atoms with Crippen LogP contribution in [0.3, 0.4) is 0 Å². The summed E-state index contributed by atoms with van der Waals surface area (Å²) in [4.78, 5) is 30.1. The van der Waals surface area contributed by atoms with E-state index in [0.717, 1.165) is 11.1 Å². The third-order valence-electron chi connectivity index (χ3n) is 3.53. The van der Waals surface area contributed by atoms with Gasteiger partial charge in [-0.2, -0.15) is 0 Å². The molecule has 25 heavy (non-hydrogen) atoms. The minimum Gasteiger partial charge on any atom is -0.451 e. The first-order valence-corrected chi connectivity index (χ1v) is 8.04. The van der Waals surface area contributed by atoms with Gasteiger partial charge in [-0.05, 0) is 32.9 Å². The lowest BCUT2D eigenvalue weighted by molar-refractivity contribution is -0.133. The van der Waals surface area contributed by atoms with Crippen LogP contribution in [0.4, 0.5) is 0 Å². The van der Waals surface area contributed by atoms with Gasteiger partial charge in [0.15, 0.2) is 12.3 Å². The van der Waals surface area contributed by atoms with Gasteiger partial charge in [0.1, 0.15) is 5.76 Å². The zero-order valence-electron chi connectivity index (χ0n) is 14.7. The number of hydrogen-bond donors (Lipinski definition) is 0.